The molecule has 1 aliphatic heterocycles. The van der Waals surface area contributed by atoms with Crippen LogP contribution in [0.25, 0.3) is 0 Å². The molecule has 0 radical (unpaired) electrons. The predicted octanol–water partition coefficient (Wildman–Crippen LogP) is 2.16. The van der Waals surface area contributed by atoms with Gasteiger partial charge in [-0.2, -0.15) is 5.26 Å². The highest BCUT2D eigenvalue weighted by atomic mass is 15.2. The number of likely N-dealkylation sites (tertiary alicyclic amines) is 1. The lowest BCUT2D eigenvalue weighted by Crippen LogP contribution is -2.50. The van der Waals surface area contributed by atoms with E-state index in [0.29, 0.717) is 5.92 Å². The average molecular weight is 190 g/mol. The molecule has 76 valence electrons. The Labute approximate surface area is 85.9 Å². The standard InChI is InChI=1S/C12H18N2/c13-9-12(14-5-1-2-6-14)8-10-3-4-11(12)7-10/h10-11H,1-8H2. The molecule has 3 fully saturated rings. The van der Waals surface area contributed by atoms with Gasteiger partial charge in [0.1, 0.15) is 5.54 Å². The highest BCUT2D eigenvalue weighted by Crippen LogP contribution is 2.53. The van der Waals surface area contributed by atoms with Crippen LogP contribution in [0.4, 0.5) is 0 Å². The average Bonchev–Trinajstić information content (AvgIpc) is 2.93. The Bertz CT molecular complexity index is 275. The highest BCUT2D eigenvalue weighted by Gasteiger charge is 2.54. The number of rotatable bonds is 1. The zero-order valence-electron chi connectivity index (χ0n) is 8.71. The maximum absolute atomic E-state index is 9.51. The fraction of sp³-hybridized carbons (Fsp3) is 0.917. The van der Waals surface area contributed by atoms with Gasteiger partial charge in [-0.05, 0) is 63.5 Å². The van der Waals surface area contributed by atoms with Gasteiger partial charge in [-0.15, -0.1) is 0 Å². The third-order valence-electron chi connectivity index (χ3n) is 4.68. The summed E-state index contributed by atoms with van der Waals surface area (Å²) in [5.74, 6) is 1.58. The summed E-state index contributed by atoms with van der Waals surface area (Å²) in [6.45, 7) is 2.35. The maximum Gasteiger partial charge on any atom is 0.112 e. The first-order chi connectivity index (χ1) is 6.85. The smallest absolute Gasteiger partial charge is 0.112 e. The molecule has 0 N–H and O–H groups in total. The fourth-order valence-electron chi connectivity index (χ4n) is 4.01. The summed E-state index contributed by atoms with van der Waals surface area (Å²) in [6.07, 6.45) is 7.83. The molecule has 3 unspecified atom stereocenters. The topological polar surface area (TPSA) is 27.0 Å². The molecule has 0 aromatic heterocycles. The second kappa shape index (κ2) is 2.97. The van der Waals surface area contributed by atoms with Gasteiger partial charge in [-0.3, -0.25) is 4.90 Å². The van der Waals surface area contributed by atoms with Gasteiger partial charge in [0, 0.05) is 0 Å². The number of hydrogen-bond donors (Lipinski definition) is 0. The second-order valence-corrected chi connectivity index (χ2v) is 5.31. The second-order valence-electron chi connectivity index (χ2n) is 5.31. The Morgan fingerprint density at radius 1 is 1.21 bits per heavy atom. The van der Waals surface area contributed by atoms with Crippen molar-refractivity contribution in [3.8, 4) is 6.07 Å². The summed E-state index contributed by atoms with van der Waals surface area (Å²) in [4.78, 5) is 2.50. The normalized spacial score (nSPS) is 47.1. The quantitative estimate of drug-likeness (QED) is 0.633. The van der Waals surface area contributed by atoms with Gasteiger partial charge < -0.3 is 0 Å². The molecule has 2 nitrogen and oxygen atoms in total. The van der Waals surface area contributed by atoms with Crippen LogP contribution in [-0.2, 0) is 0 Å². The molecular weight excluding hydrogens is 172 g/mol. The van der Waals surface area contributed by atoms with Crippen molar-refractivity contribution in [1.82, 2.24) is 4.90 Å². The molecule has 3 atom stereocenters. The first-order valence-corrected chi connectivity index (χ1v) is 6.01. The summed E-state index contributed by atoms with van der Waals surface area (Å²) in [5, 5.41) is 9.51. The summed E-state index contributed by atoms with van der Waals surface area (Å²) >= 11 is 0. The van der Waals surface area contributed by atoms with Gasteiger partial charge in [0.15, 0.2) is 0 Å². The lowest BCUT2D eigenvalue weighted by molar-refractivity contribution is 0.109. The summed E-state index contributed by atoms with van der Waals surface area (Å²) in [6, 6.07) is 2.68. The summed E-state index contributed by atoms with van der Waals surface area (Å²) < 4.78 is 0. The van der Waals surface area contributed by atoms with Crippen LogP contribution in [0.1, 0.15) is 38.5 Å². The number of fused-ring (bicyclic) bond motifs is 2. The van der Waals surface area contributed by atoms with Gasteiger partial charge in [0.2, 0.25) is 0 Å². The van der Waals surface area contributed by atoms with Crippen LogP contribution in [0, 0.1) is 23.2 Å². The van der Waals surface area contributed by atoms with Crippen LogP contribution in [0.15, 0.2) is 0 Å². The highest BCUT2D eigenvalue weighted by molar-refractivity contribution is 5.19. The number of nitriles is 1. The lowest BCUT2D eigenvalue weighted by atomic mass is 9.81. The Kier molecular flexibility index (Phi) is 1.85. The van der Waals surface area contributed by atoms with Crippen molar-refractivity contribution in [1.29, 1.82) is 5.26 Å². The van der Waals surface area contributed by atoms with E-state index in [0.717, 1.165) is 5.92 Å². The van der Waals surface area contributed by atoms with Crippen molar-refractivity contribution in [2.24, 2.45) is 11.8 Å². The van der Waals surface area contributed by atoms with Crippen molar-refractivity contribution < 1.29 is 0 Å². The number of hydrogen-bond acceptors (Lipinski definition) is 2. The molecule has 2 aliphatic carbocycles. The third-order valence-corrected chi connectivity index (χ3v) is 4.68. The number of nitrogens with zero attached hydrogens (tertiary/aromatic N) is 2. The van der Waals surface area contributed by atoms with Crippen molar-refractivity contribution >= 4 is 0 Å². The Balaban J connectivity index is 1.88. The minimum atomic E-state index is -0.0284. The van der Waals surface area contributed by atoms with Gasteiger partial charge >= 0.3 is 0 Å². The Morgan fingerprint density at radius 3 is 2.50 bits per heavy atom. The van der Waals surface area contributed by atoms with E-state index in [1.54, 1.807) is 0 Å². The molecule has 2 saturated carbocycles. The van der Waals surface area contributed by atoms with Crippen LogP contribution < -0.4 is 0 Å². The lowest BCUT2D eigenvalue weighted by Gasteiger charge is -2.39. The van der Waals surface area contributed by atoms with E-state index in [9.17, 15) is 5.26 Å². The van der Waals surface area contributed by atoms with E-state index in [4.69, 9.17) is 0 Å². The van der Waals surface area contributed by atoms with Gasteiger partial charge in [-0.25, -0.2) is 0 Å². The first kappa shape index (κ1) is 8.73. The molecule has 1 heterocycles. The first-order valence-electron chi connectivity index (χ1n) is 6.01. The Hall–Kier alpha value is -0.550. The molecule has 0 aromatic carbocycles. The molecule has 3 rings (SSSR count). The van der Waals surface area contributed by atoms with Crippen LogP contribution in [-0.4, -0.2) is 23.5 Å². The van der Waals surface area contributed by atoms with Gasteiger partial charge in [-0.1, -0.05) is 0 Å². The van der Waals surface area contributed by atoms with Crippen LogP contribution in [0.3, 0.4) is 0 Å². The third kappa shape index (κ3) is 0.995. The summed E-state index contributed by atoms with van der Waals surface area (Å²) in [5.41, 5.74) is -0.0284. The zero-order valence-corrected chi connectivity index (χ0v) is 8.71. The molecule has 0 aromatic rings. The van der Waals surface area contributed by atoms with Crippen LogP contribution >= 0.6 is 0 Å². The molecule has 0 spiro atoms. The molecule has 2 heteroatoms. The summed E-state index contributed by atoms with van der Waals surface area (Å²) in [7, 11) is 0. The minimum Gasteiger partial charge on any atom is -0.285 e. The zero-order chi connectivity index (χ0) is 9.60. The van der Waals surface area contributed by atoms with E-state index < -0.39 is 0 Å². The molecular formula is C12H18N2. The van der Waals surface area contributed by atoms with E-state index in [1.165, 1.54) is 51.6 Å². The van der Waals surface area contributed by atoms with E-state index in [2.05, 4.69) is 11.0 Å². The molecule has 3 aliphatic rings. The maximum atomic E-state index is 9.51. The monoisotopic (exact) mass is 190 g/mol. The van der Waals surface area contributed by atoms with Gasteiger partial charge in [0.05, 0.1) is 6.07 Å². The Morgan fingerprint density at radius 2 is 2.00 bits per heavy atom. The van der Waals surface area contributed by atoms with Crippen molar-refractivity contribution in [2.75, 3.05) is 13.1 Å². The SMILES string of the molecule is N#CC1(N2CCCC2)CC2CCC1C2. The van der Waals surface area contributed by atoms with Crippen LogP contribution in [0.5, 0.6) is 0 Å². The largest absolute Gasteiger partial charge is 0.285 e. The van der Waals surface area contributed by atoms with Crippen molar-refractivity contribution in [3.63, 3.8) is 0 Å². The van der Waals surface area contributed by atoms with Crippen molar-refractivity contribution in [3.05, 3.63) is 0 Å². The van der Waals surface area contributed by atoms with E-state index in [-0.39, 0.29) is 5.54 Å². The fourth-order valence-corrected chi connectivity index (χ4v) is 4.01. The van der Waals surface area contributed by atoms with Crippen molar-refractivity contribution in [2.45, 2.75) is 44.1 Å². The van der Waals surface area contributed by atoms with Gasteiger partial charge in [0.25, 0.3) is 0 Å². The molecule has 14 heavy (non-hydrogen) atoms. The van der Waals surface area contributed by atoms with E-state index in [1.807, 2.05) is 0 Å². The molecule has 0 amide bonds. The van der Waals surface area contributed by atoms with Crippen LogP contribution in [0.2, 0.25) is 0 Å². The molecule has 1 saturated heterocycles. The van der Waals surface area contributed by atoms with E-state index >= 15 is 0 Å². The minimum absolute atomic E-state index is 0.0284. The predicted molar refractivity (Wildman–Crippen MR) is 54.6 cm³/mol. The molecule has 2 bridgehead atoms.